The van der Waals surface area contributed by atoms with Crippen LogP contribution in [0.15, 0.2) is 54.9 Å². The van der Waals surface area contributed by atoms with Gasteiger partial charge in [0.2, 0.25) is 0 Å². The second kappa shape index (κ2) is 8.98. The van der Waals surface area contributed by atoms with E-state index < -0.39 is 0 Å². The molecule has 166 valence electrons. The molecule has 2 aliphatic rings. The van der Waals surface area contributed by atoms with Crippen LogP contribution < -0.4 is 9.80 Å². The van der Waals surface area contributed by atoms with Gasteiger partial charge in [-0.2, -0.15) is 5.10 Å². The van der Waals surface area contributed by atoms with Crippen molar-refractivity contribution in [2.45, 2.75) is 19.8 Å². The van der Waals surface area contributed by atoms with E-state index in [-0.39, 0.29) is 5.91 Å². The highest BCUT2D eigenvalue weighted by molar-refractivity contribution is 5.95. The van der Waals surface area contributed by atoms with Crippen molar-refractivity contribution in [3.8, 4) is 5.69 Å². The first-order valence-corrected chi connectivity index (χ1v) is 11.4. The van der Waals surface area contributed by atoms with Crippen LogP contribution in [0.3, 0.4) is 0 Å². The van der Waals surface area contributed by atoms with Gasteiger partial charge in [-0.3, -0.25) is 4.79 Å². The number of aromatic nitrogens is 4. The molecule has 32 heavy (non-hydrogen) atoms. The topological polar surface area (TPSA) is 70.4 Å². The van der Waals surface area contributed by atoms with Crippen molar-refractivity contribution in [2.24, 2.45) is 5.92 Å². The number of benzene rings is 1. The second-order valence-corrected chi connectivity index (χ2v) is 8.70. The van der Waals surface area contributed by atoms with Crippen LogP contribution in [0.5, 0.6) is 0 Å². The van der Waals surface area contributed by atoms with Gasteiger partial charge in [-0.25, -0.2) is 4.68 Å². The van der Waals surface area contributed by atoms with E-state index in [1.54, 1.807) is 10.9 Å². The van der Waals surface area contributed by atoms with Gasteiger partial charge in [-0.05, 0) is 55.2 Å². The summed E-state index contributed by atoms with van der Waals surface area (Å²) in [5.41, 5.74) is 1.57. The maximum atomic E-state index is 13.1. The summed E-state index contributed by atoms with van der Waals surface area (Å²) in [7, 11) is 0. The lowest BCUT2D eigenvalue weighted by Crippen LogP contribution is -2.49. The van der Waals surface area contributed by atoms with Gasteiger partial charge in [0, 0.05) is 57.2 Å². The number of rotatable bonds is 4. The molecular formula is C24H29N7O. The first kappa shape index (κ1) is 20.5. The molecule has 0 aliphatic carbocycles. The van der Waals surface area contributed by atoms with Crippen LogP contribution in [0.4, 0.5) is 11.6 Å². The van der Waals surface area contributed by atoms with E-state index in [0.29, 0.717) is 18.7 Å². The average Bonchev–Trinajstić information content (AvgIpc) is 3.40. The SMILES string of the molecule is CC1CCN(c2ccc(N3CCN(C(=O)c4cccc(-n5cccn5)c4)CC3)nn2)CC1. The number of carbonyl (C=O) groups is 1. The molecule has 0 bridgehead atoms. The Labute approximate surface area is 188 Å². The van der Waals surface area contributed by atoms with Gasteiger partial charge in [0.15, 0.2) is 11.6 Å². The summed E-state index contributed by atoms with van der Waals surface area (Å²) in [6.07, 6.45) is 6.03. The van der Waals surface area contributed by atoms with E-state index in [1.165, 1.54) is 12.8 Å². The maximum Gasteiger partial charge on any atom is 0.254 e. The molecule has 0 saturated carbocycles. The molecule has 0 atom stereocenters. The Morgan fingerprint density at radius 3 is 2.19 bits per heavy atom. The lowest BCUT2D eigenvalue weighted by molar-refractivity contribution is 0.0746. The molecule has 2 saturated heterocycles. The fourth-order valence-corrected chi connectivity index (χ4v) is 4.42. The molecule has 2 fully saturated rings. The highest BCUT2D eigenvalue weighted by Gasteiger charge is 2.24. The Balaban J connectivity index is 1.19. The fourth-order valence-electron chi connectivity index (χ4n) is 4.42. The normalized spacial score (nSPS) is 17.6. The Kier molecular flexibility index (Phi) is 5.75. The Morgan fingerprint density at radius 2 is 1.56 bits per heavy atom. The van der Waals surface area contributed by atoms with Crippen molar-refractivity contribution in [1.29, 1.82) is 0 Å². The van der Waals surface area contributed by atoms with E-state index in [9.17, 15) is 4.79 Å². The molecule has 0 N–H and O–H groups in total. The Hall–Kier alpha value is -3.42. The molecule has 0 unspecified atom stereocenters. The van der Waals surface area contributed by atoms with Gasteiger partial charge in [-0.1, -0.05) is 13.0 Å². The third-order valence-electron chi connectivity index (χ3n) is 6.50. The Bertz CT molecular complexity index is 1030. The van der Waals surface area contributed by atoms with Gasteiger partial charge in [0.1, 0.15) is 0 Å². The van der Waals surface area contributed by atoms with E-state index in [4.69, 9.17) is 0 Å². The lowest BCUT2D eigenvalue weighted by Gasteiger charge is -2.35. The van der Waals surface area contributed by atoms with Crippen molar-refractivity contribution >= 4 is 17.5 Å². The summed E-state index contributed by atoms with van der Waals surface area (Å²) in [6, 6.07) is 13.6. The van der Waals surface area contributed by atoms with Crippen molar-refractivity contribution < 1.29 is 4.79 Å². The highest BCUT2D eigenvalue weighted by atomic mass is 16.2. The summed E-state index contributed by atoms with van der Waals surface area (Å²) in [5, 5.41) is 13.2. The summed E-state index contributed by atoms with van der Waals surface area (Å²) < 4.78 is 1.77. The van der Waals surface area contributed by atoms with Crippen LogP contribution in [-0.4, -0.2) is 70.1 Å². The second-order valence-electron chi connectivity index (χ2n) is 8.70. The number of piperidine rings is 1. The third-order valence-corrected chi connectivity index (χ3v) is 6.50. The molecule has 5 rings (SSSR count). The zero-order chi connectivity index (χ0) is 21.9. The standard InChI is InChI=1S/C24H29N7O/c1-19-8-12-28(13-9-19)22-6-7-23(27-26-22)29-14-16-30(17-15-29)24(32)20-4-2-5-21(18-20)31-11-3-10-25-31/h2-7,10-11,18-19H,8-9,12-17H2,1H3. The smallest absolute Gasteiger partial charge is 0.254 e. The highest BCUT2D eigenvalue weighted by Crippen LogP contribution is 2.23. The van der Waals surface area contributed by atoms with Crippen LogP contribution in [0, 0.1) is 5.92 Å². The van der Waals surface area contributed by atoms with Crippen LogP contribution in [0.1, 0.15) is 30.1 Å². The molecule has 8 nitrogen and oxygen atoms in total. The molecule has 3 aromatic rings. The number of nitrogens with zero attached hydrogens (tertiary/aromatic N) is 7. The molecule has 2 aromatic heterocycles. The molecule has 0 spiro atoms. The van der Waals surface area contributed by atoms with Crippen molar-refractivity contribution in [3.05, 3.63) is 60.4 Å². The van der Waals surface area contributed by atoms with E-state index in [2.05, 4.69) is 44.2 Å². The van der Waals surface area contributed by atoms with Crippen molar-refractivity contribution in [2.75, 3.05) is 49.1 Å². The minimum Gasteiger partial charge on any atom is -0.355 e. The van der Waals surface area contributed by atoms with Crippen molar-refractivity contribution in [1.82, 2.24) is 24.9 Å². The molecular weight excluding hydrogens is 402 g/mol. The average molecular weight is 432 g/mol. The predicted octanol–water partition coefficient (Wildman–Crippen LogP) is 2.86. The van der Waals surface area contributed by atoms with Gasteiger partial charge in [-0.15, -0.1) is 10.2 Å². The molecule has 2 aliphatic heterocycles. The number of amides is 1. The summed E-state index contributed by atoms with van der Waals surface area (Å²) in [6.45, 7) is 7.25. The quantitative estimate of drug-likeness (QED) is 0.633. The molecule has 8 heteroatoms. The first-order valence-electron chi connectivity index (χ1n) is 11.4. The van der Waals surface area contributed by atoms with Crippen LogP contribution in [0.25, 0.3) is 5.69 Å². The third kappa shape index (κ3) is 4.30. The number of carbonyl (C=O) groups excluding carboxylic acids is 1. The largest absolute Gasteiger partial charge is 0.355 e. The zero-order valence-corrected chi connectivity index (χ0v) is 18.5. The molecule has 1 amide bonds. The van der Waals surface area contributed by atoms with Crippen molar-refractivity contribution in [3.63, 3.8) is 0 Å². The predicted molar refractivity (Wildman–Crippen MR) is 124 cm³/mol. The zero-order valence-electron chi connectivity index (χ0n) is 18.5. The summed E-state index contributed by atoms with van der Waals surface area (Å²) in [5.74, 6) is 2.70. The number of anilines is 2. The number of piperazine rings is 1. The van der Waals surface area contributed by atoms with Crippen LogP contribution in [0.2, 0.25) is 0 Å². The molecule has 4 heterocycles. The van der Waals surface area contributed by atoms with Gasteiger partial charge in [0.25, 0.3) is 5.91 Å². The Morgan fingerprint density at radius 1 is 0.875 bits per heavy atom. The number of hydrogen-bond donors (Lipinski definition) is 0. The van der Waals surface area contributed by atoms with Crippen LogP contribution in [-0.2, 0) is 0 Å². The monoisotopic (exact) mass is 431 g/mol. The lowest BCUT2D eigenvalue weighted by atomic mass is 9.99. The van der Waals surface area contributed by atoms with Crippen LogP contribution >= 0.6 is 0 Å². The van der Waals surface area contributed by atoms with Gasteiger partial charge >= 0.3 is 0 Å². The summed E-state index contributed by atoms with van der Waals surface area (Å²) >= 11 is 0. The minimum absolute atomic E-state index is 0.0550. The fraction of sp³-hybridized carbons (Fsp3) is 0.417. The molecule has 1 aromatic carbocycles. The maximum absolute atomic E-state index is 13.1. The van der Waals surface area contributed by atoms with Gasteiger partial charge < -0.3 is 14.7 Å². The minimum atomic E-state index is 0.0550. The molecule has 0 radical (unpaired) electrons. The van der Waals surface area contributed by atoms with E-state index >= 15 is 0 Å². The van der Waals surface area contributed by atoms with E-state index in [0.717, 1.165) is 49.4 Å². The summed E-state index contributed by atoms with van der Waals surface area (Å²) in [4.78, 5) is 19.5. The number of hydrogen-bond acceptors (Lipinski definition) is 6. The van der Waals surface area contributed by atoms with E-state index in [1.807, 2.05) is 41.4 Å². The first-order chi connectivity index (χ1) is 15.7. The van der Waals surface area contributed by atoms with Gasteiger partial charge in [0.05, 0.1) is 5.69 Å².